The van der Waals surface area contributed by atoms with Gasteiger partial charge in [-0.05, 0) is 6.42 Å². The summed E-state index contributed by atoms with van der Waals surface area (Å²) in [7, 11) is 2.67. The second kappa shape index (κ2) is 6.56. The van der Waals surface area contributed by atoms with E-state index in [2.05, 4.69) is 4.74 Å². The lowest BCUT2D eigenvalue weighted by atomic mass is 9.88. The summed E-state index contributed by atoms with van der Waals surface area (Å²) >= 11 is 0. The molecule has 0 N–H and O–H groups in total. The molecule has 98 valence electrons. The molecule has 0 aromatic rings. The minimum absolute atomic E-state index is 0.175. The van der Waals surface area contributed by atoms with Crippen LogP contribution < -0.4 is 0 Å². The molecule has 1 heterocycles. The largest absolute Gasteiger partial charge is 0.469 e. The van der Waals surface area contributed by atoms with E-state index in [9.17, 15) is 9.59 Å². The topological polar surface area (TPSA) is 71.1 Å². The van der Waals surface area contributed by atoms with Crippen molar-refractivity contribution in [1.82, 2.24) is 0 Å². The molecular formula is C11H18O6. The van der Waals surface area contributed by atoms with Crippen molar-refractivity contribution in [3.8, 4) is 0 Å². The Kier molecular flexibility index (Phi) is 5.37. The Morgan fingerprint density at radius 1 is 1.29 bits per heavy atom. The first-order chi connectivity index (χ1) is 8.14. The molecule has 0 amide bonds. The zero-order valence-electron chi connectivity index (χ0n) is 10.2. The fourth-order valence-corrected chi connectivity index (χ4v) is 1.68. The number of hydrogen-bond acceptors (Lipinski definition) is 6. The molecule has 6 nitrogen and oxygen atoms in total. The molecule has 0 aromatic heterocycles. The average molecular weight is 246 g/mol. The summed E-state index contributed by atoms with van der Waals surface area (Å²) in [5.41, 5.74) is -0.717. The lowest BCUT2D eigenvalue weighted by molar-refractivity contribution is -0.157. The standard InChI is InChI=1S/C11H18O6/c1-14-9(12)3-5-16-7-11(10(13)15-2)4-6-17-8-11/h3-8H2,1-2H3. The van der Waals surface area contributed by atoms with Crippen LogP contribution in [-0.2, 0) is 28.5 Å². The first kappa shape index (κ1) is 13.9. The Morgan fingerprint density at radius 2 is 2.06 bits per heavy atom. The minimum Gasteiger partial charge on any atom is -0.469 e. The van der Waals surface area contributed by atoms with Gasteiger partial charge in [-0.15, -0.1) is 0 Å². The number of methoxy groups -OCH3 is 2. The highest BCUT2D eigenvalue weighted by atomic mass is 16.5. The van der Waals surface area contributed by atoms with Crippen molar-refractivity contribution in [2.24, 2.45) is 5.41 Å². The highest BCUT2D eigenvalue weighted by Gasteiger charge is 2.43. The van der Waals surface area contributed by atoms with E-state index in [1.807, 2.05) is 0 Å². The van der Waals surface area contributed by atoms with Crippen LogP contribution in [0.3, 0.4) is 0 Å². The van der Waals surface area contributed by atoms with E-state index in [-0.39, 0.29) is 31.6 Å². The lowest BCUT2D eigenvalue weighted by Gasteiger charge is -2.23. The van der Waals surface area contributed by atoms with Crippen molar-refractivity contribution in [2.75, 3.05) is 40.6 Å². The van der Waals surface area contributed by atoms with Crippen molar-refractivity contribution in [2.45, 2.75) is 12.8 Å². The predicted molar refractivity (Wildman–Crippen MR) is 57.3 cm³/mol. The van der Waals surface area contributed by atoms with Crippen LogP contribution in [0.2, 0.25) is 0 Å². The zero-order valence-corrected chi connectivity index (χ0v) is 10.2. The van der Waals surface area contributed by atoms with Crippen LogP contribution in [0.5, 0.6) is 0 Å². The zero-order chi connectivity index (χ0) is 12.7. The van der Waals surface area contributed by atoms with Crippen molar-refractivity contribution in [1.29, 1.82) is 0 Å². The summed E-state index contributed by atoms with van der Waals surface area (Å²) in [6.07, 6.45) is 0.756. The molecule has 17 heavy (non-hydrogen) atoms. The second-order valence-corrected chi connectivity index (χ2v) is 3.95. The van der Waals surface area contributed by atoms with Gasteiger partial charge in [-0.2, -0.15) is 0 Å². The number of ether oxygens (including phenoxy) is 4. The molecule has 1 rings (SSSR count). The van der Waals surface area contributed by atoms with Gasteiger partial charge in [0, 0.05) is 6.61 Å². The van der Waals surface area contributed by atoms with Gasteiger partial charge in [-0.25, -0.2) is 0 Å². The Morgan fingerprint density at radius 3 is 2.59 bits per heavy atom. The smallest absolute Gasteiger partial charge is 0.316 e. The van der Waals surface area contributed by atoms with Crippen LogP contribution in [0.4, 0.5) is 0 Å². The van der Waals surface area contributed by atoms with E-state index in [0.717, 1.165) is 0 Å². The highest BCUT2D eigenvalue weighted by molar-refractivity contribution is 5.77. The van der Waals surface area contributed by atoms with E-state index in [0.29, 0.717) is 19.6 Å². The number of hydrogen-bond donors (Lipinski definition) is 0. The van der Waals surface area contributed by atoms with E-state index in [1.54, 1.807) is 0 Å². The number of carbonyl (C=O) groups excluding carboxylic acids is 2. The van der Waals surface area contributed by atoms with Gasteiger partial charge in [-0.1, -0.05) is 0 Å². The molecule has 0 saturated carbocycles. The Labute approximate surface area is 100 Å². The summed E-state index contributed by atoms with van der Waals surface area (Å²) in [5, 5.41) is 0. The Hall–Kier alpha value is -1.14. The first-order valence-electron chi connectivity index (χ1n) is 5.45. The molecule has 1 aliphatic heterocycles. The third-order valence-electron chi connectivity index (χ3n) is 2.78. The molecule has 6 heteroatoms. The van der Waals surface area contributed by atoms with Crippen LogP contribution in [0.1, 0.15) is 12.8 Å². The van der Waals surface area contributed by atoms with Crippen molar-refractivity contribution < 1.29 is 28.5 Å². The quantitative estimate of drug-likeness (QED) is 0.490. The third kappa shape index (κ3) is 3.67. The van der Waals surface area contributed by atoms with Crippen molar-refractivity contribution in [3.05, 3.63) is 0 Å². The predicted octanol–water partition coefficient (Wildman–Crippen LogP) is 0.146. The van der Waals surface area contributed by atoms with Gasteiger partial charge >= 0.3 is 11.9 Å². The van der Waals surface area contributed by atoms with Gasteiger partial charge in [0.1, 0.15) is 5.41 Å². The van der Waals surface area contributed by atoms with Crippen LogP contribution in [0.25, 0.3) is 0 Å². The Balaban J connectivity index is 2.35. The molecule has 0 aliphatic carbocycles. The maximum atomic E-state index is 11.6. The van der Waals surface area contributed by atoms with E-state index >= 15 is 0 Å². The molecule has 0 aromatic carbocycles. The van der Waals surface area contributed by atoms with E-state index in [1.165, 1.54) is 14.2 Å². The molecule has 0 bridgehead atoms. The van der Waals surface area contributed by atoms with Gasteiger partial charge in [-0.3, -0.25) is 9.59 Å². The van der Waals surface area contributed by atoms with Crippen LogP contribution in [0.15, 0.2) is 0 Å². The summed E-state index contributed by atoms with van der Waals surface area (Å²) < 4.78 is 19.8. The fraction of sp³-hybridized carbons (Fsp3) is 0.818. The molecular weight excluding hydrogens is 228 g/mol. The van der Waals surface area contributed by atoms with Crippen LogP contribution in [-0.4, -0.2) is 52.6 Å². The summed E-state index contributed by atoms with van der Waals surface area (Å²) in [5.74, 6) is -0.659. The molecule has 0 radical (unpaired) electrons. The lowest BCUT2D eigenvalue weighted by Crippen LogP contribution is -2.37. The van der Waals surface area contributed by atoms with Gasteiger partial charge in [0.2, 0.25) is 0 Å². The summed E-state index contributed by atoms with van der Waals surface area (Å²) in [6.45, 7) is 1.26. The Bertz CT molecular complexity index is 269. The van der Waals surface area contributed by atoms with Crippen molar-refractivity contribution in [3.63, 3.8) is 0 Å². The van der Waals surface area contributed by atoms with Gasteiger partial charge in [0.25, 0.3) is 0 Å². The van der Waals surface area contributed by atoms with Crippen molar-refractivity contribution >= 4 is 11.9 Å². The monoisotopic (exact) mass is 246 g/mol. The normalized spacial score (nSPS) is 23.4. The third-order valence-corrected chi connectivity index (χ3v) is 2.78. The van der Waals surface area contributed by atoms with E-state index in [4.69, 9.17) is 14.2 Å². The van der Waals surface area contributed by atoms with Gasteiger partial charge in [0.05, 0.1) is 40.5 Å². The summed E-state index contributed by atoms with van der Waals surface area (Å²) in [4.78, 5) is 22.5. The molecule has 0 spiro atoms. The van der Waals surface area contributed by atoms with Crippen LogP contribution >= 0.6 is 0 Å². The van der Waals surface area contributed by atoms with Gasteiger partial charge in [0.15, 0.2) is 0 Å². The first-order valence-corrected chi connectivity index (χ1v) is 5.45. The maximum absolute atomic E-state index is 11.6. The maximum Gasteiger partial charge on any atom is 0.316 e. The number of carbonyl (C=O) groups is 2. The number of rotatable bonds is 6. The minimum atomic E-state index is -0.717. The average Bonchev–Trinajstić information content (AvgIpc) is 2.83. The fourth-order valence-electron chi connectivity index (χ4n) is 1.68. The summed E-state index contributed by atoms with van der Waals surface area (Å²) in [6, 6.07) is 0. The number of esters is 2. The molecule has 1 saturated heterocycles. The SMILES string of the molecule is COC(=O)CCOCC1(C(=O)OC)CCOC1. The van der Waals surface area contributed by atoms with Crippen LogP contribution in [0, 0.1) is 5.41 Å². The highest BCUT2D eigenvalue weighted by Crippen LogP contribution is 2.30. The molecule has 1 atom stereocenters. The molecule has 1 aliphatic rings. The second-order valence-electron chi connectivity index (χ2n) is 3.95. The molecule has 1 fully saturated rings. The molecule has 1 unspecified atom stereocenters. The van der Waals surface area contributed by atoms with Gasteiger partial charge < -0.3 is 18.9 Å². The van der Waals surface area contributed by atoms with E-state index < -0.39 is 5.41 Å².